The lowest BCUT2D eigenvalue weighted by molar-refractivity contribution is -0.155. The standard InChI is InChI=1S/C25H28F4IN3O/c1-16-13-19-18-5-2-3-6-21(18)32-23(19)24(33(16)15-25(27,28)29)17-7-8-20(26)22(14-17)34-12-11-31-10-4-9-30/h2-3,5-8,14,16,24,31-32H,4,9-13,15H2,1H3/t16-,24+/m0/s1. The molecular weight excluding hydrogens is 561 g/mol. The molecule has 34 heavy (non-hydrogen) atoms. The Morgan fingerprint density at radius 1 is 1.18 bits per heavy atom. The molecule has 0 radical (unpaired) electrons. The first-order valence-electron chi connectivity index (χ1n) is 11.4. The molecule has 4 rings (SSSR count). The summed E-state index contributed by atoms with van der Waals surface area (Å²) < 4.78 is 62.0. The Balaban J connectivity index is 1.68. The summed E-state index contributed by atoms with van der Waals surface area (Å²) >= 11 is 2.30. The molecule has 0 saturated heterocycles. The van der Waals surface area contributed by atoms with Crippen molar-refractivity contribution >= 4 is 33.5 Å². The molecule has 4 nitrogen and oxygen atoms in total. The van der Waals surface area contributed by atoms with Gasteiger partial charge >= 0.3 is 6.18 Å². The minimum atomic E-state index is -4.36. The minimum Gasteiger partial charge on any atom is -0.489 e. The second kappa shape index (κ2) is 10.8. The molecule has 0 unspecified atom stereocenters. The number of ether oxygens (including phenoxy) is 1. The van der Waals surface area contributed by atoms with Crippen LogP contribution in [0.3, 0.4) is 0 Å². The summed E-state index contributed by atoms with van der Waals surface area (Å²) in [5, 5.41) is 4.24. The van der Waals surface area contributed by atoms with Gasteiger partial charge in [-0.3, -0.25) is 4.90 Å². The van der Waals surface area contributed by atoms with Crippen molar-refractivity contribution in [1.82, 2.24) is 15.2 Å². The van der Waals surface area contributed by atoms with E-state index in [1.165, 1.54) is 11.0 Å². The number of H-pyrrole nitrogens is 1. The number of alkyl halides is 4. The van der Waals surface area contributed by atoms with Crippen LogP contribution in [0.25, 0.3) is 10.9 Å². The summed E-state index contributed by atoms with van der Waals surface area (Å²) in [6.45, 7) is 2.44. The molecule has 0 amide bonds. The van der Waals surface area contributed by atoms with Crippen LogP contribution in [-0.2, 0) is 6.42 Å². The summed E-state index contributed by atoms with van der Waals surface area (Å²) in [5.74, 6) is -0.477. The summed E-state index contributed by atoms with van der Waals surface area (Å²) in [6, 6.07) is 11.1. The summed E-state index contributed by atoms with van der Waals surface area (Å²) in [6.07, 6.45) is -2.83. The molecule has 9 heteroatoms. The number of fused-ring (bicyclic) bond motifs is 3. The minimum absolute atomic E-state index is 0.0519. The Labute approximate surface area is 210 Å². The van der Waals surface area contributed by atoms with Gasteiger partial charge in [-0.1, -0.05) is 46.9 Å². The molecule has 1 aliphatic heterocycles. The number of nitrogens with zero attached hydrogens (tertiary/aromatic N) is 1. The van der Waals surface area contributed by atoms with E-state index >= 15 is 0 Å². The molecule has 2 heterocycles. The highest BCUT2D eigenvalue weighted by Crippen LogP contribution is 2.42. The second-order valence-corrected chi connectivity index (χ2v) is 9.72. The lowest BCUT2D eigenvalue weighted by Gasteiger charge is -2.41. The Morgan fingerprint density at radius 3 is 2.74 bits per heavy atom. The largest absolute Gasteiger partial charge is 0.489 e. The number of hydrogen-bond acceptors (Lipinski definition) is 3. The van der Waals surface area contributed by atoms with Crippen LogP contribution in [0.5, 0.6) is 5.75 Å². The average Bonchev–Trinajstić information content (AvgIpc) is 3.15. The van der Waals surface area contributed by atoms with Gasteiger partial charge in [0.15, 0.2) is 11.6 Å². The fraction of sp³-hybridized carbons (Fsp3) is 0.440. The number of halogens is 5. The van der Waals surface area contributed by atoms with E-state index in [0.717, 1.165) is 39.6 Å². The van der Waals surface area contributed by atoms with Gasteiger partial charge in [-0.05, 0) is 55.6 Å². The van der Waals surface area contributed by atoms with Gasteiger partial charge in [0.05, 0.1) is 12.6 Å². The van der Waals surface area contributed by atoms with Crippen LogP contribution in [0.2, 0.25) is 0 Å². The van der Waals surface area contributed by atoms with Gasteiger partial charge in [0, 0.05) is 33.6 Å². The Kier molecular flexibility index (Phi) is 8.04. The van der Waals surface area contributed by atoms with Gasteiger partial charge in [-0.2, -0.15) is 13.2 Å². The molecule has 2 N–H and O–H groups in total. The number of rotatable bonds is 9. The third kappa shape index (κ3) is 5.68. The lowest BCUT2D eigenvalue weighted by Crippen LogP contribution is -2.47. The number of aromatic nitrogens is 1. The molecular formula is C25H28F4IN3O. The maximum absolute atomic E-state index is 14.5. The molecule has 0 bridgehead atoms. The molecule has 0 fully saturated rings. The monoisotopic (exact) mass is 589 g/mol. The van der Waals surface area contributed by atoms with Crippen LogP contribution in [0.15, 0.2) is 42.5 Å². The van der Waals surface area contributed by atoms with E-state index in [-0.39, 0.29) is 18.4 Å². The first-order valence-corrected chi connectivity index (χ1v) is 12.9. The number of para-hydroxylation sites is 1. The molecule has 0 spiro atoms. The molecule has 0 aliphatic carbocycles. The van der Waals surface area contributed by atoms with E-state index in [0.29, 0.717) is 18.5 Å². The van der Waals surface area contributed by atoms with Crippen molar-refractivity contribution in [2.45, 2.75) is 38.0 Å². The molecule has 1 aromatic heterocycles. The molecule has 3 aromatic rings. The number of nitrogens with one attached hydrogen (secondary N) is 2. The van der Waals surface area contributed by atoms with Crippen molar-refractivity contribution in [1.29, 1.82) is 0 Å². The van der Waals surface area contributed by atoms with Crippen LogP contribution in [0.4, 0.5) is 17.6 Å². The van der Waals surface area contributed by atoms with Gasteiger partial charge in [0.25, 0.3) is 0 Å². The van der Waals surface area contributed by atoms with Crippen molar-refractivity contribution in [2.24, 2.45) is 0 Å². The Morgan fingerprint density at radius 2 is 1.97 bits per heavy atom. The van der Waals surface area contributed by atoms with Gasteiger partial charge < -0.3 is 15.0 Å². The van der Waals surface area contributed by atoms with Crippen molar-refractivity contribution in [2.75, 3.05) is 30.7 Å². The van der Waals surface area contributed by atoms with Crippen LogP contribution < -0.4 is 10.1 Å². The smallest absolute Gasteiger partial charge is 0.401 e. The first-order chi connectivity index (χ1) is 16.3. The highest BCUT2D eigenvalue weighted by Gasteiger charge is 2.42. The second-order valence-electron chi connectivity index (χ2n) is 8.64. The zero-order chi connectivity index (χ0) is 24.3. The highest BCUT2D eigenvalue weighted by molar-refractivity contribution is 14.1. The topological polar surface area (TPSA) is 40.3 Å². The fourth-order valence-electron chi connectivity index (χ4n) is 4.67. The molecule has 2 atom stereocenters. The molecule has 0 saturated carbocycles. The van der Waals surface area contributed by atoms with Gasteiger partial charge in [0.1, 0.15) is 6.61 Å². The van der Waals surface area contributed by atoms with E-state index in [9.17, 15) is 17.6 Å². The Bertz CT molecular complexity index is 1120. The van der Waals surface area contributed by atoms with Gasteiger partial charge in [-0.25, -0.2) is 4.39 Å². The van der Waals surface area contributed by atoms with E-state index in [1.807, 2.05) is 31.2 Å². The zero-order valence-corrected chi connectivity index (χ0v) is 21.0. The van der Waals surface area contributed by atoms with Crippen LogP contribution in [0.1, 0.15) is 36.2 Å². The van der Waals surface area contributed by atoms with E-state index in [1.54, 1.807) is 12.1 Å². The van der Waals surface area contributed by atoms with Crippen molar-refractivity contribution in [3.05, 3.63) is 65.1 Å². The summed E-state index contributed by atoms with van der Waals surface area (Å²) in [7, 11) is 0. The quantitative estimate of drug-likeness (QED) is 0.139. The van der Waals surface area contributed by atoms with Crippen molar-refractivity contribution in [3.8, 4) is 5.75 Å². The average molecular weight is 589 g/mol. The normalized spacial score (nSPS) is 18.9. The van der Waals surface area contributed by atoms with Gasteiger partial charge in [0.2, 0.25) is 0 Å². The van der Waals surface area contributed by atoms with Crippen molar-refractivity contribution < 1.29 is 22.3 Å². The Hall–Kier alpha value is -1.85. The number of hydrogen-bond donors (Lipinski definition) is 2. The number of benzene rings is 2. The van der Waals surface area contributed by atoms with Crippen LogP contribution >= 0.6 is 22.6 Å². The predicted octanol–water partition coefficient (Wildman–Crippen LogP) is 6.00. The third-order valence-electron chi connectivity index (χ3n) is 6.17. The maximum Gasteiger partial charge on any atom is 0.401 e. The molecule has 1 aliphatic rings. The maximum atomic E-state index is 14.5. The summed E-state index contributed by atoms with van der Waals surface area (Å²) in [5.41, 5.74) is 3.19. The molecule has 184 valence electrons. The van der Waals surface area contributed by atoms with Gasteiger partial charge in [-0.15, -0.1) is 0 Å². The van der Waals surface area contributed by atoms with Crippen LogP contribution in [0, 0.1) is 5.82 Å². The lowest BCUT2D eigenvalue weighted by atomic mass is 9.88. The first kappa shape index (κ1) is 25.2. The van der Waals surface area contributed by atoms with E-state index < -0.39 is 24.6 Å². The van der Waals surface area contributed by atoms with Crippen LogP contribution in [-0.4, -0.2) is 52.8 Å². The highest BCUT2D eigenvalue weighted by atomic mass is 127. The van der Waals surface area contributed by atoms with Crippen molar-refractivity contribution in [3.63, 3.8) is 0 Å². The van der Waals surface area contributed by atoms with E-state index in [4.69, 9.17) is 4.74 Å². The molecule has 2 aromatic carbocycles. The van der Waals surface area contributed by atoms with E-state index in [2.05, 4.69) is 32.9 Å². The third-order valence-corrected chi connectivity index (χ3v) is 6.94. The summed E-state index contributed by atoms with van der Waals surface area (Å²) in [4.78, 5) is 4.80. The SMILES string of the molecule is C[C@H]1Cc2c([nH]c3ccccc23)[C@@H](c2ccc(F)c(OCCNCCCI)c2)N1CC(F)(F)F. The number of aromatic amines is 1. The predicted molar refractivity (Wildman–Crippen MR) is 134 cm³/mol. The zero-order valence-electron chi connectivity index (χ0n) is 18.9. The fourth-order valence-corrected chi connectivity index (χ4v) is 5.05.